The van der Waals surface area contributed by atoms with Gasteiger partial charge in [0.1, 0.15) is 5.54 Å². The molecule has 7 nitrogen and oxygen atoms in total. The van der Waals surface area contributed by atoms with Crippen LogP contribution in [0.5, 0.6) is 11.5 Å². The zero-order valence-electron chi connectivity index (χ0n) is 19.6. The number of rotatable bonds is 10. The van der Waals surface area contributed by atoms with Crippen LogP contribution >= 0.6 is 0 Å². The summed E-state index contributed by atoms with van der Waals surface area (Å²) in [7, 11) is 1.52. The summed E-state index contributed by atoms with van der Waals surface area (Å²) in [4.78, 5) is 25.3. The van der Waals surface area contributed by atoms with Crippen molar-refractivity contribution in [3.05, 3.63) is 94.5 Å². The smallest absolute Gasteiger partial charge is 0.330 e. The number of aliphatic carboxylic acids is 1. The number of aliphatic hydroxyl groups is 1. The van der Waals surface area contributed by atoms with E-state index in [1.165, 1.54) is 7.11 Å². The molecule has 7 heteroatoms. The van der Waals surface area contributed by atoms with Crippen molar-refractivity contribution >= 4 is 11.9 Å². The number of fused-ring (bicyclic) bond motifs is 1. The first-order valence-electron chi connectivity index (χ1n) is 11.6. The highest BCUT2D eigenvalue weighted by Gasteiger charge is 2.45. The number of carboxylic acid groups (broad SMARTS) is 1. The molecule has 0 fully saturated rings. The summed E-state index contributed by atoms with van der Waals surface area (Å²) in [6.07, 6.45) is 1.71. The third-order valence-electron chi connectivity index (χ3n) is 6.33. The van der Waals surface area contributed by atoms with Gasteiger partial charge in [0.05, 0.1) is 13.7 Å². The Hall–Kier alpha value is -3.84. The Kier molecular flexibility index (Phi) is 7.36. The highest BCUT2D eigenvalue weighted by Crippen LogP contribution is 2.32. The largest absolute Gasteiger partial charge is 0.493 e. The molecule has 3 N–H and O–H groups in total. The van der Waals surface area contributed by atoms with Gasteiger partial charge in [0.25, 0.3) is 5.91 Å². The predicted octanol–water partition coefficient (Wildman–Crippen LogP) is 3.20. The molecule has 0 heterocycles. The van der Waals surface area contributed by atoms with Gasteiger partial charge in [-0.3, -0.25) is 4.79 Å². The number of benzene rings is 3. The van der Waals surface area contributed by atoms with Crippen molar-refractivity contribution in [1.82, 2.24) is 5.32 Å². The summed E-state index contributed by atoms with van der Waals surface area (Å²) >= 11 is 0. The van der Waals surface area contributed by atoms with Crippen LogP contribution in [0.1, 0.15) is 32.6 Å². The van der Waals surface area contributed by atoms with Crippen molar-refractivity contribution in [2.24, 2.45) is 0 Å². The molecule has 0 aromatic heterocycles. The molecule has 3 aromatic carbocycles. The quantitative estimate of drug-likeness (QED) is 0.416. The monoisotopic (exact) mass is 475 g/mol. The number of carbonyl (C=O) groups excluding carboxylic acids is 1. The minimum atomic E-state index is -1.39. The second kappa shape index (κ2) is 10.6. The Morgan fingerprint density at radius 1 is 0.914 bits per heavy atom. The Labute approximate surface area is 204 Å². The first-order valence-corrected chi connectivity index (χ1v) is 11.6. The Bertz CT molecular complexity index is 1200. The molecule has 0 bridgehead atoms. The molecule has 4 rings (SSSR count). The van der Waals surface area contributed by atoms with Gasteiger partial charge in [0.2, 0.25) is 0 Å². The van der Waals surface area contributed by atoms with Gasteiger partial charge in [-0.2, -0.15) is 0 Å². The first kappa shape index (κ1) is 24.3. The van der Waals surface area contributed by atoms with Gasteiger partial charge in [0, 0.05) is 31.4 Å². The van der Waals surface area contributed by atoms with Gasteiger partial charge < -0.3 is 25.0 Å². The van der Waals surface area contributed by atoms with E-state index in [2.05, 4.69) is 5.32 Å². The fraction of sp³-hybridized carbons (Fsp3) is 0.286. The Morgan fingerprint density at radius 2 is 1.60 bits per heavy atom. The van der Waals surface area contributed by atoms with E-state index in [1.807, 2.05) is 48.5 Å². The third kappa shape index (κ3) is 5.46. The van der Waals surface area contributed by atoms with E-state index in [0.29, 0.717) is 36.5 Å². The predicted molar refractivity (Wildman–Crippen MR) is 131 cm³/mol. The average Bonchev–Trinajstić information content (AvgIpc) is 3.24. The maximum Gasteiger partial charge on any atom is 0.330 e. The number of carbonyl (C=O) groups is 2. The third-order valence-corrected chi connectivity index (χ3v) is 6.33. The second-order valence-corrected chi connectivity index (χ2v) is 8.72. The summed E-state index contributed by atoms with van der Waals surface area (Å²) in [6.45, 7) is 0.458. The minimum Gasteiger partial charge on any atom is -0.493 e. The van der Waals surface area contributed by atoms with Crippen LogP contribution in [-0.4, -0.2) is 48.0 Å². The van der Waals surface area contributed by atoms with Crippen LogP contribution in [-0.2, 0) is 30.5 Å². The number of carboxylic acids is 1. The lowest BCUT2D eigenvalue weighted by atomic mass is 9.95. The first-order chi connectivity index (χ1) is 16.9. The van der Waals surface area contributed by atoms with Crippen LogP contribution < -0.4 is 14.8 Å². The average molecular weight is 476 g/mol. The summed E-state index contributed by atoms with van der Waals surface area (Å²) < 4.78 is 11.3. The maximum absolute atomic E-state index is 13.1. The highest BCUT2D eigenvalue weighted by atomic mass is 16.5. The van der Waals surface area contributed by atoms with Crippen LogP contribution in [0.3, 0.4) is 0 Å². The van der Waals surface area contributed by atoms with Crippen molar-refractivity contribution < 1.29 is 29.3 Å². The van der Waals surface area contributed by atoms with Gasteiger partial charge in [-0.25, -0.2) is 4.79 Å². The molecule has 1 aliphatic rings. The maximum atomic E-state index is 13.1. The van der Waals surface area contributed by atoms with Gasteiger partial charge in [-0.15, -0.1) is 0 Å². The molecule has 182 valence electrons. The molecule has 0 radical (unpaired) electrons. The molecule has 35 heavy (non-hydrogen) atoms. The fourth-order valence-electron chi connectivity index (χ4n) is 4.48. The van der Waals surface area contributed by atoms with Crippen LogP contribution in [0, 0.1) is 0 Å². The molecule has 3 aromatic rings. The van der Waals surface area contributed by atoms with Gasteiger partial charge >= 0.3 is 5.97 Å². The summed E-state index contributed by atoms with van der Waals surface area (Å²) in [5.41, 5.74) is 2.90. The van der Waals surface area contributed by atoms with E-state index in [-0.39, 0.29) is 19.4 Å². The number of aliphatic hydroxyl groups excluding tert-OH is 1. The lowest BCUT2D eigenvalue weighted by Crippen LogP contribution is -2.55. The SMILES string of the molecule is COc1ccc(C(=O)NC2(C(=O)O)Cc3ccccc3C2)cc1OCCc1cccc(CCO)c1. The molecule has 0 saturated carbocycles. The second-order valence-electron chi connectivity index (χ2n) is 8.72. The van der Waals surface area contributed by atoms with Gasteiger partial charge in [-0.05, 0) is 46.9 Å². The highest BCUT2D eigenvalue weighted by molar-refractivity contribution is 5.99. The van der Waals surface area contributed by atoms with Crippen LogP contribution in [0.25, 0.3) is 0 Å². The van der Waals surface area contributed by atoms with Gasteiger partial charge in [-0.1, -0.05) is 48.5 Å². The van der Waals surface area contributed by atoms with E-state index >= 15 is 0 Å². The van der Waals surface area contributed by atoms with Gasteiger partial charge in [0.15, 0.2) is 11.5 Å². The van der Waals surface area contributed by atoms with E-state index < -0.39 is 17.4 Å². The van der Waals surface area contributed by atoms with Crippen molar-refractivity contribution in [2.75, 3.05) is 20.3 Å². The van der Waals surface area contributed by atoms with Crippen molar-refractivity contribution in [2.45, 2.75) is 31.2 Å². The summed E-state index contributed by atoms with van der Waals surface area (Å²) in [6, 6.07) is 20.3. The topological polar surface area (TPSA) is 105 Å². The number of ether oxygens (including phenoxy) is 2. The number of nitrogens with one attached hydrogen (secondary N) is 1. The fourth-order valence-corrected chi connectivity index (χ4v) is 4.48. The summed E-state index contributed by atoms with van der Waals surface area (Å²) in [5, 5.41) is 21.9. The molecule has 1 amide bonds. The van der Waals surface area contributed by atoms with Crippen LogP contribution in [0.15, 0.2) is 66.7 Å². The molecule has 0 aliphatic heterocycles. The van der Waals surface area contributed by atoms with E-state index in [1.54, 1.807) is 18.2 Å². The molecule has 0 unspecified atom stereocenters. The number of amides is 1. The van der Waals surface area contributed by atoms with E-state index in [0.717, 1.165) is 22.3 Å². The minimum absolute atomic E-state index is 0.0985. The molecule has 0 spiro atoms. The van der Waals surface area contributed by atoms with Crippen LogP contribution in [0.2, 0.25) is 0 Å². The summed E-state index contributed by atoms with van der Waals surface area (Å²) in [5.74, 6) is -0.651. The zero-order valence-corrected chi connectivity index (χ0v) is 19.6. The number of methoxy groups -OCH3 is 1. The van der Waals surface area contributed by atoms with Crippen molar-refractivity contribution in [1.29, 1.82) is 0 Å². The molecular weight excluding hydrogens is 446 g/mol. The van der Waals surface area contributed by atoms with E-state index in [4.69, 9.17) is 14.6 Å². The number of hydrogen-bond acceptors (Lipinski definition) is 5. The standard InChI is InChI=1S/C28H29NO6/c1-34-24-10-9-21(16-25(24)35-14-12-20-6-4-5-19(15-20)11-13-30)26(31)29-28(27(32)33)17-22-7-2-3-8-23(22)18-28/h2-10,15-16,30H,11-14,17-18H2,1H3,(H,29,31)(H,32,33). The lowest BCUT2D eigenvalue weighted by molar-refractivity contribution is -0.144. The van der Waals surface area contributed by atoms with Crippen LogP contribution in [0.4, 0.5) is 0 Å². The Morgan fingerprint density at radius 3 is 2.23 bits per heavy atom. The van der Waals surface area contributed by atoms with Crippen molar-refractivity contribution in [3.63, 3.8) is 0 Å². The number of hydrogen-bond donors (Lipinski definition) is 3. The molecular formula is C28H29NO6. The van der Waals surface area contributed by atoms with Crippen molar-refractivity contribution in [3.8, 4) is 11.5 Å². The molecule has 1 aliphatic carbocycles. The zero-order chi connectivity index (χ0) is 24.8. The Balaban J connectivity index is 1.46. The van der Waals surface area contributed by atoms with E-state index in [9.17, 15) is 14.7 Å². The molecule has 0 saturated heterocycles. The normalized spacial score (nSPS) is 13.7. The molecule has 0 atom stereocenters. The lowest BCUT2D eigenvalue weighted by Gasteiger charge is -2.25.